The molecule has 0 bridgehead atoms. The molecule has 1 unspecified atom stereocenters. The van der Waals surface area contributed by atoms with Gasteiger partial charge in [-0.3, -0.25) is 4.79 Å². The molecule has 0 amide bonds. The number of hydrogen-bond acceptors (Lipinski definition) is 4. The van der Waals surface area contributed by atoms with Gasteiger partial charge in [0.25, 0.3) is 0 Å². The number of piperidine rings is 1. The summed E-state index contributed by atoms with van der Waals surface area (Å²) in [5, 5.41) is 0.349. The van der Waals surface area contributed by atoms with Crippen molar-refractivity contribution in [3.05, 3.63) is 101 Å². The maximum Gasteiger partial charge on any atom is 0.162 e. The predicted octanol–water partition coefficient (Wildman–Crippen LogP) is 6.62. The second-order valence-electron chi connectivity index (χ2n) is 9.23. The molecule has 1 spiro atoms. The number of fused-ring (bicyclic) bond motifs is 2. The van der Waals surface area contributed by atoms with Gasteiger partial charge in [0.1, 0.15) is 11.6 Å². The van der Waals surface area contributed by atoms with Gasteiger partial charge in [0, 0.05) is 16.7 Å². The molecule has 0 aliphatic carbocycles. The maximum atomic E-state index is 13.1. The van der Waals surface area contributed by atoms with Crippen LogP contribution in [0.15, 0.2) is 72.8 Å². The molecule has 3 aromatic carbocycles. The lowest BCUT2D eigenvalue weighted by Crippen LogP contribution is -2.40. The number of nitrogens with zero attached hydrogens (tertiary/aromatic N) is 1. The van der Waals surface area contributed by atoms with Crippen LogP contribution in [0.25, 0.3) is 0 Å². The Kier molecular flexibility index (Phi) is 6.75. The number of thioether (sulfide) groups is 1. The topological polar surface area (TPSA) is 29.5 Å². The summed E-state index contributed by atoms with van der Waals surface area (Å²) in [4.78, 5) is 14.9. The zero-order valence-electron chi connectivity index (χ0n) is 19.5. The van der Waals surface area contributed by atoms with Gasteiger partial charge in [0.2, 0.25) is 0 Å². The van der Waals surface area contributed by atoms with E-state index in [4.69, 9.17) is 4.74 Å². The van der Waals surface area contributed by atoms with Gasteiger partial charge in [-0.1, -0.05) is 36.4 Å². The minimum atomic E-state index is -0.306. The highest BCUT2D eigenvalue weighted by molar-refractivity contribution is 8.01. The van der Waals surface area contributed by atoms with E-state index in [-0.39, 0.29) is 16.3 Å². The summed E-state index contributed by atoms with van der Waals surface area (Å²) < 4.78 is 18.6. The average molecular weight is 476 g/mol. The van der Waals surface area contributed by atoms with Crippen LogP contribution in [-0.2, 0) is 4.75 Å². The highest BCUT2D eigenvalue weighted by Crippen LogP contribution is 2.61. The lowest BCUT2D eigenvalue weighted by atomic mass is 9.84. The fourth-order valence-corrected chi connectivity index (χ4v) is 7.10. The van der Waals surface area contributed by atoms with E-state index in [1.54, 1.807) is 19.2 Å². The Morgan fingerprint density at radius 3 is 2.44 bits per heavy atom. The Morgan fingerprint density at radius 2 is 1.74 bits per heavy atom. The van der Waals surface area contributed by atoms with E-state index in [9.17, 15) is 9.18 Å². The number of carbonyl (C=O) groups is 1. The molecule has 0 aromatic heterocycles. The Bertz CT molecular complexity index is 1140. The van der Waals surface area contributed by atoms with E-state index >= 15 is 0 Å². The van der Waals surface area contributed by atoms with Crippen LogP contribution in [0, 0.1) is 5.82 Å². The van der Waals surface area contributed by atoms with Gasteiger partial charge in [-0.05, 0) is 92.0 Å². The normalized spacial score (nSPS) is 19.2. The smallest absolute Gasteiger partial charge is 0.162 e. The van der Waals surface area contributed by atoms with Crippen molar-refractivity contribution in [2.75, 3.05) is 26.7 Å². The zero-order valence-corrected chi connectivity index (χ0v) is 20.3. The molecule has 0 N–H and O–H groups in total. The molecule has 1 atom stereocenters. The zero-order chi connectivity index (χ0) is 23.5. The van der Waals surface area contributed by atoms with Gasteiger partial charge in [-0.2, -0.15) is 0 Å². The molecule has 0 radical (unpaired) electrons. The first-order valence-corrected chi connectivity index (χ1v) is 12.9. The first-order chi connectivity index (χ1) is 16.6. The van der Waals surface area contributed by atoms with Crippen molar-refractivity contribution in [1.29, 1.82) is 0 Å². The van der Waals surface area contributed by atoms with Gasteiger partial charge in [-0.15, -0.1) is 11.8 Å². The molecule has 2 aliphatic rings. The number of carbonyl (C=O) groups excluding carboxylic acids is 1. The molecule has 2 aliphatic heterocycles. The Balaban J connectivity index is 1.20. The molecule has 5 heteroatoms. The van der Waals surface area contributed by atoms with Crippen LogP contribution < -0.4 is 4.74 Å². The molecule has 1 fully saturated rings. The van der Waals surface area contributed by atoms with Crippen molar-refractivity contribution in [3.8, 4) is 5.75 Å². The van der Waals surface area contributed by atoms with Crippen LogP contribution in [0.1, 0.15) is 58.0 Å². The van der Waals surface area contributed by atoms with E-state index in [1.165, 1.54) is 28.8 Å². The summed E-state index contributed by atoms with van der Waals surface area (Å²) >= 11 is 2.11. The third-order valence-electron chi connectivity index (χ3n) is 7.20. The number of Topliss-reactive ketones (excluding diaryl/α,β-unsaturated/α-hetero) is 1. The van der Waals surface area contributed by atoms with E-state index in [2.05, 4.69) is 65.2 Å². The number of rotatable bonds is 7. The quantitative estimate of drug-likeness (QED) is 0.359. The molecule has 0 saturated carbocycles. The van der Waals surface area contributed by atoms with Crippen LogP contribution in [0.5, 0.6) is 5.75 Å². The number of likely N-dealkylation sites (tertiary alicyclic amines) is 1. The standard InChI is InChI=1S/C29H30FNO2S/c1-33-24-14-10-22(11-15-24)28-25-5-2-3-6-26(25)29(34-28)16-19-31(20-17-29)18-4-7-27(32)21-8-12-23(30)13-9-21/h2-3,5-6,8-15,28H,4,7,16-20H2,1H3. The van der Waals surface area contributed by atoms with E-state index < -0.39 is 0 Å². The second kappa shape index (κ2) is 9.93. The third kappa shape index (κ3) is 4.64. The van der Waals surface area contributed by atoms with Crippen molar-refractivity contribution in [2.45, 2.75) is 35.7 Å². The summed E-state index contributed by atoms with van der Waals surface area (Å²) in [6, 6.07) is 23.3. The predicted molar refractivity (Wildman–Crippen MR) is 136 cm³/mol. The number of ketones is 1. The average Bonchev–Trinajstić information content (AvgIpc) is 3.20. The van der Waals surface area contributed by atoms with Gasteiger partial charge in [0.05, 0.1) is 12.4 Å². The molecule has 34 heavy (non-hydrogen) atoms. The van der Waals surface area contributed by atoms with Gasteiger partial charge >= 0.3 is 0 Å². The fraction of sp³-hybridized carbons (Fsp3) is 0.345. The van der Waals surface area contributed by atoms with Crippen LogP contribution in [0.4, 0.5) is 4.39 Å². The van der Waals surface area contributed by atoms with Crippen LogP contribution in [0.3, 0.4) is 0 Å². The van der Waals surface area contributed by atoms with Gasteiger partial charge in [0.15, 0.2) is 5.78 Å². The van der Waals surface area contributed by atoms with Crippen molar-refractivity contribution < 1.29 is 13.9 Å². The molecule has 3 aromatic rings. The van der Waals surface area contributed by atoms with Crippen LogP contribution >= 0.6 is 11.8 Å². The summed E-state index contributed by atoms with van der Waals surface area (Å²) in [7, 11) is 1.70. The molecular formula is C29H30FNO2S. The van der Waals surface area contributed by atoms with Crippen molar-refractivity contribution in [1.82, 2.24) is 4.90 Å². The molecular weight excluding hydrogens is 445 g/mol. The number of halogens is 1. The second-order valence-corrected chi connectivity index (χ2v) is 10.7. The largest absolute Gasteiger partial charge is 0.497 e. The minimum Gasteiger partial charge on any atom is -0.497 e. The molecule has 1 saturated heterocycles. The van der Waals surface area contributed by atoms with Crippen molar-refractivity contribution in [3.63, 3.8) is 0 Å². The minimum absolute atomic E-state index is 0.0936. The van der Waals surface area contributed by atoms with Crippen LogP contribution in [-0.4, -0.2) is 37.4 Å². The number of methoxy groups -OCH3 is 1. The SMILES string of the molecule is COc1ccc(C2SC3(CCN(CCCC(=O)c4ccc(F)cc4)CC3)c3ccccc32)cc1. The first-order valence-electron chi connectivity index (χ1n) is 12.0. The van der Waals surface area contributed by atoms with E-state index in [0.717, 1.165) is 44.6 Å². The summed E-state index contributed by atoms with van der Waals surface area (Å²) in [6.45, 7) is 3.01. The fourth-order valence-electron chi connectivity index (χ4n) is 5.29. The van der Waals surface area contributed by atoms with Crippen LogP contribution in [0.2, 0.25) is 0 Å². The van der Waals surface area contributed by atoms with Crippen molar-refractivity contribution >= 4 is 17.5 Å². The third-order valence-corrected chi connectivity index (χ3v) is 9.05. The monoisotopic (exact) mass is 475 g/mol. The van der Waals surface area contributed by atoms with E-state index in [0.29, 0.717) is 17.2 Å². The summed E-state index contributed by atoms with van der Waals surface area (Å²) in [5.41, 5.74) is 4.86. The maximum absolute atomic E-state index is 13.1. The first kappa shape index (κ1) is 23.1. The lowest BCUT2D eigenvalue weighted by Gasteiger charge is -2.39. The highest BCUT2D eigenvalue weighted by atomic mass is 32.2. The number of ether oxygens (including phenoxy) is 1. The Labute approximate surface area is 205 Å². The van der Waals surface area contributed by atoms with Gasteiger partial charge < -0.3 is 9.64 Å². The Hall–Kier alpha value is -2.63. The molecule has 176 valence electrons. The lowest BCUT2D eigenvalue weighted by molar-refractivity contribution is 0.0971. The summed E-state index contributed by atoms with van der Waals surface area (Å²) in [6.07, 6.45) is 3.58. The van der Waals surface area contributed by atoms with Gasteiger partial charge in [-0.25, -0.2) is 4.39 Å². The number of benzene rings is 3. The molecule has 3 nitrogen and oxygen atoms in total. The summed E-state index contributed by atoms with van der Waals surface area (Å²) in [5.74, 6) is 0.677. The molecule has 2 heterocycles. The molecule has 5 rings (SSSR count). The highest BCUT2D eigenvalue weighted by Gasteiger charge is 2.46. The van der Waals surface area contributed by atoms with Crippen molar-refractivity contribution in [2.24, 2.45) is 0 Å². The number of hydrogen-bond donors (Lipinski definition) is 0. The van der Waals surface area contributed by atoms with E-state index in [1.807, 2.05) is 0 Å². The Morgan fingerprint density at radius 1 is 1.03 bits per heavy atom.